The molecule has 2 N–H and O–H groups in total. The summed E-state index contributed by atoms with van der Waals surface area (Å²) in [5.74, 6) is 0.857. The lowest BCUT2D eigenvalue weighted by Crippen LogP contribution is -2.41. The third-order valence-corrected chi connectivity index (χ3v) is 3.43. The van der Waals surface area contributed by atoms with Gasteiger partial charge in [0.1, 0.15) is 0 Å². The van der Waals surface area contributed by atoms with E-state index in [1.54, 1.807) is 7.11 Å². The second-order valence-corrected chi connectivity index (χ2v) is 5.40. The summed E-state index contributed by atoms with van der Waals surface area (Å²) in [6.45, 7) is 7.41. The van der Waals surface area contributed by atoms with Gasteiger partial charge in [0.25, 0.3) is 0 Å². The highest BCUT2D eigenvalue weighted by Crippen LogP contribution is 2.09. The maximum Gasteiger partial charge on any atom is 0.191 e. The second-order valence-electron chi connectivity index (χ2n) is 5.40. The number of hydrogen-bond acceptors (Lipinski definition) is 4. The lowest BCUT2D eigenvalue weighted by molar-refractivity contribution is 0.0702. The zero-order chi connectivity index (χ0) is 17.5. The number of hydrogen-bond donors (Lipinski definition) is 2. The summed E-state index contributed by atoms with van der Waals surface area (Å²) in [5, 5.41) is 6.64. The van der Waals surface area contributed by atoms with E-state index >= 15 is 0 Å². The highest BCUT2D eigenvalue weighted by Gasteiger charge is 2.01. The highest BCUT2D eigenvalue weighted by atomic mass is 16.5. The molecule has 0 aliphatic carbocycles. The first-order chi connectivity index (χ1) is 11.8. The molecule has 1 rings (SSSR count). The number of ether oxygens (including phenoxy) is 2. The van der Waals surface area contributed by atoms with Crippen molar-refractivity contribution in [2.24, 2.45) is 4.99 Å². The van der Waals surface area contributed by atoms with Crippen LogP contribution in [0.2, 0.25) is 0 Å². The first kappa shape index (κ1) is 20.3. The minimum Gasteiger partial charge on any atom is -0.382 e. The van der Waals surface area contributed by atoms with Gasteiger partial charge in [0.05, 0.1) is 13.2 Å². The number of likely N-dealkylation sites (N-methyl/N-ethyl adjacent to an activating group) is 1. The number of para-hydroxylation sites is 1. The smallest absolute Gasteiger partial charge is 0.191 e. The van der Waals surface area contributed by atoms with Crippen LogP contribution in [-0.4, -0.2) is 66.1 Å². The summed E-state index contributed by atoms with van der Waals surface area (Å²) in [4.78, 5) is 6.79. The molecule has 0 saturated heterocycles. The Kier molecular flexibility index (Phi) is 11.5. The zero-order valence-corrected chi connectivity index (χ0v) is 15.3. The molecule has 0 atom stereocenters. The van der Waals surface area contributed by atoms with Crippen LogP contribution in [0.1, 0.15) is 13.3 Å². The predicted molar refractivity (Wildman–Crippen MR) is 101 cm³/mol. The van der Waals surface area contributed by atoms with Crippen molar-refractivity contribution < 1.29 is 9.47 Å². The molecular weight excluding hydrogens is 304 g/mol. The van der Waals surface area contributed by atoms with Crippen LogP contribution in [0.3, 0.4) is 0 Å². The van der Waals surface area contributed by atoms with Crippen molar-refractivity contribution in [2.45, 2.75) is 13.3 Å². The average Bonchev–Trinajstić information content (AvgIpc) is 2.61. The Morgan fingerprint density at radius 2 is 1.92 bits per heavy atom. The van der Waals surface area contributed by atoms with E-state index in [-0.39, 0.29) is 0 Å². The second kappa shape index (κ2) is 13.6. The van der Waals surface area contributed by atoms with Crippen LogP contribution < -0.4 is 15.5 Å². The van der Waals surface area contributed by atoms with E-state index in [2.05, 4.69) is 58.8 Å². The van der Waals surface area contributed by atoms with Crippen molar-refractivity contribution in [3.05, 3.63) is 30.3 Å². The molecule has 6 nitrogen and oxygen atoms in total. The molecule has 0 amide bonds. The Labute approximate surface area is 146 Å². The molecule has 0 heterocycles. The van der Waals surface area contributed by atoms with Crippen LogP contribution in [0.15, 0.2) is 35.3 Å². The van der Waals surface area contributed by atoms with Gasteiger partial charge in [-0.2, -0.15) is 0 Å². The number of nitrogens with one attached hydrogen (secondary N) is 2. The van der Waals surface area contributed by atoms with Gasteiger partial charge in [-0.3, -0.25) is 4.99 Å². The third kappa shape index (κ3) is 9.37. The summed E-state index contributed by atoms with van der Waals surface area (Å²) < 4.78 is 10.4. The minimum atomic E-state index is 0.641. The van der Waals surface area contributed by atoms with Crippen molar-refractivity contribution in [1.29, 1.82) is 0 Å². The van der Waals surface area contributed by atoms with Crippen molar-refractivity contribution in [2.75, 3.05) is 65.1 Å². The van der Waals surface area contributed by atoms with E-state index in [4.69, 9.17) is 9.47 Å². The number of aliphatic imine (C=N–C) groups is 1. The molecule has 136 valence electrons. The number of benzene rings is 1. The molecule has 0 radical (unpaired) electrons. The molecule has 0 aliphatic rings. The highest BCUT2D eigenvalue weighted by molar-refractivity contribution is 5.79. The average molecular weight is 336 g/mol. The summed E-state index contributed by atoms with van der Waals surface area (Å²) in [6.07, 6.45) is 0.907. The van der Waals surface area contributed by atoms with Crippen LogP contribution in [0.25, 0.3) is 0 Å². The van der Waals surface area contributed by atoms with Gasteiger partial charge in [-0.05, 0) is 25.5 Å². The van der Waals surface area contributed by atoms with Crippen LogP contribution in [0, 0.1) is 0 Å². The molecule has 0 fully saturated rings. The van der Waals surface area contributed by atoms with Gasteiger partial charge in [-0.25, -0.2) is 0 Å². The van der Waals surface area contributed by atoms with Gasteiger partial charge in [-0.1, -0.05) is 18.2 Å². The van der Waals surface area contributed by atoms with Crippen molar-refractivity contribution in [1.82, 2.24) is 10.6 Å². The molecule has 6 heteroatoms. The van der Waals surface area contributed by atoms with Crippen molar-refractivity contribution in [3.63, 3.8) is 0 Å². The lowest BCUT2D eigenvalue weighted by Gasteiger charge is -2.20. The Bertz CT molecular complexity index is 440. The van der Waals surface area contributed by atoms with Crippen LogP contribution in [-0.2, 0) is 9.47 Å². The van der Waals surface area contributed by atoms with Crippen LogP contribution >= 0.6 is 0 Å². The zero-order valence-electron chi connectivity index (χ0n) is 15.3. The maximum atomic E-state index is 5.44. The molecule has 0 aliphatic heterocycles. The summed E-state index contributed by atoms with van der Waals surface area (Å²) in [5.41, 5.74) is 1.22. The molecule has 0 spiro atoms. The summed E-state index contributed by atoms with van der Waals surface area (Å²) >= 11 is 0. The van der Waals surface area contributed by atoms with Crippen molar-refractivity contribution >= 4 is 11.6 Å². The van der Waals surface area contributed by atoms with E-state index in [1.165, 1.54) is 5.69 Å². The van der Waals surface area contributed by atoms with Gasteiger partial charge < -0.3 is 25.0 Å². The topological polar surface area (TPSA) is 58.1 Å². The molecule has 1 aromatic carbocycles. The monoisotopic (exact) mass is 336 g/mol. The van der Waals surface area contributed by atoms with Gasteiger partial charge in [-0.15, -0.1) is 0 Å². The van der Waals surface area contributed by atoms with Gasteiger partial charge >= 0.3 is 0 Å². The molecule has 0 bridgehead atoms. The standard InChI is InChI=1S/C18H32N4O2/c1-4-19-18(20-11-8-14-24-16-15-23-3)21-12-13-22(2)17-9-6-5-7-10-17/h5-7,9-10H,4,8,11-16H2,1-3H3,(H2,19,20,21). The number of rotatable bonds is 12. The third-order valence-electron chi connectivity index (χ3n) is 3.43. The van der Waals surface area contributed by atoms with E-state index in [9.17, 15) is 0 Å². The van der Waals surface area contributed by atoms with Gasteiger partial charge in [0, 0.05) is 52.6 Å². The van der Waals surface area contributed by atoms with E-state index in [0.717, 1.165) is 38.6 Å². The van der Waals surface area contributed by atoms with E-state index in [1.807, 2.05) is 6.07 Å². The molecule has 0 aromatic heterocycles. The quantitative estimate of drug-likeness (QED) is 0.346. The molecule has 0 saturated carbocycles. The molecule has 24 heavy (non-hydrogen) atoms. The van der Waals surface area contributed by atoms with Crippen LogP contribution in [0.5, 0.6) is 0 Å². The SMILES string of the molecule is CCNC(=NCCCOCCOC)NCCN(C)c1ccccc1. The van der Waals surface area contributed by atoms with E-state index < -0.39 is 0 Å². The predicted octanol–water partition coefficient (Wildman–Crippen LogP) is 1.73. The minimum absolute atomic E-state index is 0.641. The Morgan fingerprint density at radius 3 is 2.62 bits per heavy atom. The normalized spacial score (nSPS) is 11.4. The Morgan fingerprint density at radius 1 is 1.12 bits per heavy atom. The fraction of sp³-hybridized carbons (Fsp3) is 0.611. The molecule has 0 unspecified atom stereocenters. The lowest BCUT2D eigenvalue weighted by atomic mass is 10.3. The summed E-state index contributed by atoms with van der Waals surface area (Å²) in [7, 11) is 3.77. The van der Waals surface area contributed by atoms with Crippen molar-refractivity contribution in [3.8, 4) is 0 Å². The molecular formula is C18H32N4O2. The van der Waals surface area contributed by atoms with Gasteiger partial charge in [0.2, 0.25) is 0 Å². The number of methoxy groups -OCH3 is 1. The number of anilines is 1. The summed E-state index contributed by atoms with van der Waals surface area (Å²) in [6, 6.07) is 10.4. The molecule has 1 aromatic rings. The number of guanidine groups is 1. The fourth-order valence-corrected chi connectivity index (χ4v) is 2.10. The van der Waals surface area contributed by atoms with Gasteiger partial charge in [0.15, 0.2) is 5.96 Å². The maximum absolute atomic E-state index is 5.44. The number of nitrogens with zero attached hydrogens (tertiary/aromatic N) is 2. The Hall–Kier alpha value is -1.79. The largest absolute Gasteiger partial charge is 0.382 e. The first-order valence-electron chi connectivity index (χ1n) is 8.63. The Balaban J connectivity index is 2.23. The fourth-order valence-electron chi connectivity index (χ4n) is 2.10. The van der Waals surface area contributed by atoms with Crippen LogP contribution in [0.4, 0.5) is 5.69 Å². The van der Waals surface area contributed by atoms with E-state index in [0.29, 0.717) is 19.8 Å². The first-order valence-corrected chi connectivity index (χ1v) is 8.63.